The van der Waals surface area contributed by atoms with Gasteiger partial charge in [-0.2, -0.15) is 4.31 Å². The molecule has 1 atom stereocenters. The van der Waals surface area contributed by atoms with Crippen LogP contribution in [0.3, 0.4) is 0 Å². The molecule has 178 valence electrons. The average Bonchev–Trinajstić information content (AvgIpc) is 3.34. The number of sulfonamides is 1. The summed E-state index contributed by atoms with van der Waals surface area (Å²) in [7, 11) is -3.59. The first-order chi connectivity index (χ1) is 15.7. The fourth-order valence-corrected chi connectivity index (χ4v) is 6.30. The highest BCUT2D eigenvalue weighted by Gasteiger charge is 2.38. The molecule has 1 N–H and O–H groups in total. The van der Waals surface area contributed by atoms with Gasteiger partial charge in [0.25, 0.3) is 0 Å². The monoisotopic (exact) mass is 474 g/mol. The summed E-state index contributed by atoms with van der Waals surface area (Å²) in [6, 6.07) is 4.09. The molecule has 2 aromatic rings. The predicted octanol–water partition coefficient (Wildman–Crippen LogP) is 2.10. The number of nitrogens with one attached hydrogen (secondary N) is 1. The molecule has 0 unspecified atom stereocenters. The lowest BCUT2D eigenvalue weighted by Gasteiger charge is -2.26. The number of hydrogen-bond donors (Lipinski definition) is 1. The van der Waals surface area contributed by atoms with Crippen LogP contribution in [0.15, 0.2) is 27.6 Å². The highest BCUT2D eigenvalue weighted by Crippen LogP contribution is 2.35. The van der Waals surface area contributed by atoms with Gasteiger partial charge in [-0.05, 0) is 56.9 Å². The molecule has 0 radical (unpaired) electrons. The molecule has 0 aliphatic carbocycles. The van der Waals surface area contributed by atoms with E-state index in [1.807, 2.05) is 13.8 Å². The van der Waals surface area contributed by atoms with E-state index in [0.29, 0.717) is 37.3 Å². The van der Waals surface area contributed by atoms with Crippen LogP contribution < -0.4 is 10.2 Å². The minimum atomic E-state index is -3.59. The number of nitrogens with zero attached hydrogens (tertiary/aromatic N) is 3. The predicted molar refractivity (Wildman–Crippen MR) is 122 cm³/mol. The van der Waals surface area contributed by atoms with Crippen LogP contribution in [0.1, 0.15) is 48.8 Å². The first kappa shape index (κ1) is 23.4. The van der Waals surface area contributed by atoms with Gasteiger partial charge in [0.05, 0.1) is 10.6 Å². The largest absolute Gasteiger partial charge is 0.361 e. The summed E-state index contributed by atoms with van der Waals surface area (Å²) < 4.78 is 32.8. The molecule has 0 saturated carbocycles. The van der Waals surface area contributed by atoms with Crippen molar-refractivity contribution in [2.75, 3.05) is 24.5 Å². The second-order valence-electron chi connectivity index (χ2n) is 8.71. The minimum absolute atomic E-state index is 0.214. The molecule has 1 saturated heterocycles. The van der Waals surface area contributed by atoms with Crippen molar-refractivity contribution in [2.45, 2.75) is 63.8 Å². The number of aromatic nitrogens is 1. The number of amides is 2. The van der Waals surface area contributed by atoms with E-state index in [1.165, 1.54) is 22.2 Å². The minimum Gasteiger partial charge on any atom is -0.361 e. The summed E-state index contributed by atoms with van der Waals surface area (Å²) in [5.41, 5.74) is 3.03. The third-order valence-electron chi connectivity index (χ3n) is 6.49. The van der Waals surface area contributed by atoms with Crippen LogP contribution >= 0.6 is 0 Å². The Morgan fingerprint density at radius 1 is 1.18 bits per heavy atom. The van der Waals surface area contributed by atoms with Gasteiger partial charge in [0, 0.05) is 44.2 Å². The molecule has 1 aromatic carbocycles. The van der Waals surface area contributed by atoms with Crippen LogP contribution in [0.2, 0.25) is 0 Å². The van der Waals surface area contributed by atoms with Crippen LogP contribution in [-0.4, -0.2) is 55.4 Å². The summed E-state index contributed by atoms with van der Waals surface area (Å²) in [5, 5.41) is 6.83. The molecule has 0 spiro atoms. The molecule has 3 heterocycles. The van der Waals surface area contributed by atoms with Gasteiger partial charge >= 0.3 is 0 Å². The molecule has 1 fully saturated rings. The molecule has 10 heteroatoms. The summed E-state index contributed by atoms with van der Waals surface area (Å²) in [6.07, 6.45) is 3.61. The molecular weight excluding hydrogens is 444 g/mol. The van der Waals surface area contributed by atoms with Crippen molar-refractivity contribution in [1.29, 1.82) is 0 Å². The Kier molecular flexibility index (Phi) is 6.58. The molecular formula is C23H30N4O5S. The van der Waals surface area contributed by atoms with Crippen molar-refractivity contribution < 1.29 is 22.5 Å². The zero-order valence-corrected chi connectivity index (χ0v) is 20.1. The Hall–Kier alpha value is -2.72. The van der Waals surface area contributed by atoms with Gasteiger partial charge in [0.15, 0.2) is 0 Å². The van der Waals surface area contributed by atoms with Crippen molar-refractivity contribution in [3.63, 3.8) is 0 Å². The maximum Gasteiger partial charge on any atom is 0.243 e. The SMILES string of the molecule is CC(=O)N1c2ccc(S(=O)(=O)N3CCCCC3)cc2C[C@@H]1C(=O)NCCc1c(C)noc1C. The average molecular weight is 475 g/mol. The van der Waals surface area contributed by atoms with Crippen molar-refractivity contribution >= 4 is 27.5 Å². The van der Waals surface area contributed by atoms with E-state index < -0.39 is 16.1 Å². The van der Waals surface area contributed by atoms with E-state index >= 15 is 0 Å². The third kappa shape index (κ3) is 4.54. The quantitative estimate of drug-likeness (QED) is 0.686. The topological polar surface area (TPSA) is 113 Å². The lowest BCUT2D eigenvalue weighted by molar-refractivity contribution is -0.125. The van der Waals surface area contributed by atoms with Crippen LogP contribution in [0.4, 0.5) is 5.69 Å². The number of piperidine rings is 1. The van der Waals surface area contributed by atoms with Crippen LogP contribution in [0.5, 0.6) is 0 Å². The van der Waals surface area contributed by atoms with E-state index in [2.05, 4.69) is 10.5 Å². The van der Waals surface area contributed by atoms with Crippen molar-refractivity contribution in [1.82, 2.24) is 14.8 Å². The van der Waals surface area contributed by atoms with E-state index in [0.717, 1.165) is 36.3 Å². The van der Waals surface area contributed by atoms with Crippen LogP contribution in [0, 0.1) is 13.8 Å². The number of fused-ring (bicyclic) bond motifs is 1. The van der Waals surface area contributed by atoms with E-state index in [9.17, 15) is 18.0 Å². The Morgan fingerprint density at radius 3 is 2.55 bits per heavy atom. The van der Waals surface area contributed by atoms with Gasteiger partial charge in [-0.25, -0.2) is 8.42 Å². The maximum atomic E-state index is 13.1. The fraction of sp³-hybridized carbons (Fsp3) is 0.522. The normalized spacial score (nSPS) is 18.9. The van der Waals surface area contributed by atoms with Crippen LogP contribution in [0.25, 0.3) is 0 Å². The molecule has 2 aliphatic heterocycles. The second kappa shape index (κ2) is 9.26. The Bertz CT molecular complexity index is 1150. The number of benzene rings is 1. The molecule has 4 rings (SSSR count). The zero-order chi connectivity index (χ0) is 23.8. The first-order valence-electron chi connectivity index (χ1n) is 11.3. The molecule has 0 bridgehead atoms. The molecule has 1 aromatic heterocycles. The number of carbonyl (C=O) groups is 2. The second-order valence-corrected chi connectivity index (χ2v) is 10.6. The molecule has 33 heavy (non-hydrogen) atoms. The summed E-state index contributed by atoms with van der Waals surface area (Å²) in [4.78, 5) is 27.1. The van der Waals surface area contributed by atoms with Gasteiger partial charge in [-0.1, -0.05) is 11.6 Å². The first-order valence-corrected chi connectivity index (χ1v) is 12.8. The standard InChI is InChI=1S/C23H30N4O5S/c1-15-20(16(2)32-25-15)9-10-24-23(29)22-14-18-13-19(7-8-21(18)27(22)17(3)28)33(30,31)26-11-5-4-6-12-26/h7-8,13,22H,4-6,9-12,14H2,1-3H3,(H,24,29)/t22-/m1/s1. The zero-order valence-electron chi connectivity index (χ0n) is 19.3. The van der Waals surface area contributed by atoms with Crippen molar-refractivity contribution in [2.24, 2.45) is 0 Å². The summed E-state index contributed by atoms with van der Waals surface area (Å²) >= 11 is 0. The fourth-order valence-electron chi connectivity index (χ4n) is 4.73. The van der Waals surface area contributed by atoms with Gasteiger partial charge in [-0.15, -0.1) is 0 Å². The number of hydrogen-bond acceptors (Lipinski definition) is 6. The Morgan fingerprint density at radius 2 is 1.91 bits per heavy atom. The maximum absolute atomic E-state index is 13.1. The van der Waals surface area contributed by atoms with E-state index in [4.69, 9.17) is 4.52 Å². The summed E-state index contributed by atoms with van der Waals surface area (Å²) in [6.45, 7) is 6.53. The van der Waals surface area contributed by atoms with Crippen molar-refractivity contribution in [3.8, 4) is 0 Å². The Balaban J connectivity index is 1.50. The Labute approximate surface area is 194 Å². The van der Waals surface area contributed by atoms with Gasteiger partial charge in [0.1, 0.15) is 11.8 Å². The van der Waals surface area contributed by atoms with E-state index in [-0.39, 0.29) is 23.1 Å². The molecule has 2 amide bonds. The number of carbonyl (C=O) groups excluding carboxylic acids is 2. The van der Waals surface area contributed by atoms with Gasteiger partial charge < -0.3 is 9.84 Å². The summed E-state index contributed by atoms with van der Waals surface area (Å²) in [5.74, 6) is 0.197. The van der Waals surface area contributed by atoms with E-state index in [1.54, 1.807) is 12.1 Å². The third-order valence-corrected chi connectivity index (χ3v) is 8.38. The van der Waals surface area contributed by atoms with Crippen molar-refractivity contribution in [3.05, 3.63) is 40.8 Å². The lowest BCUT2D eigenvalue weighted by Crippen LogP contribution is -2.47. The lowest BCUT2D eigenvalue weighted by atomic mass is 10.1. The van der Waals surface area contributed by atoms with Crippen LogP contribution in [-0.2, 0) is 32.5 Å². The number of anilines is 1. The molecule has 2 aliphatic rings. The van der Waals surface area contributed by atoms with Gasteiger partial charge in [0.2, 0.25) is 21.8 Å². The smallest absolute Gasteiger partial charge is 0.243 e. The number of rotatable bonds is 6. The molecule has 9 nitrogen and oxygen atoms in total. The van der Waals surface area contributed by atoms with Gasteiger partial charge in [-0.3, -0.25) is 14.5 Å². The highest BCUT2D eigenvalue weighted by molar-refractivity contribution is 7.89. The number of aryl methyl sites for hydroxylation is 2. The highest BCUT2D eigenvalue weighted by atomic mass is 32.2.